The second-order valence-electron chi connectivity index (χ2n) is 7.59. The van der Waals surface area contributed by atoms with Crippen LogP contribution in [0.5, 0.6) is 5.75 Å². The Morgan fingerprint density at radius 3 is 3.00 bits per heavy atom. The van der Waals surface area contributed by atoms with Gasteiger partial charge < -0.3 is 15.4 Å². The zero-order valence-electron chi connectivity index (χ0n) is 17.0. The lowest BCUT2D eigenvalue weighted by molar-refractivity contribution is -0.129. The summed E-state index contributed by atoms with van der Waals surface area (Å²) in [6.45, 7) is 4.59. The van der Waals surface area contributed by atoms with Gasteiger partial charge in [0.05, 0.1) is 25.8 Å². The summed E-state index contributed by atoms with van der Waals surface area (Å²) in [6, 6.07) is 9.93. The third-order valence-electron chi connectivity index (χ3n) is 5.58. The first-order valence-electron chi connectivity index (χ1n) is 10.0. The van der Waals surface area contributed by atoms with E-state index in [4.69, 9.17) is 15.6 Å². The minimum atomic E-state index is 0.125. The van der Waals surface area contributed by atoms with Crippen molar-refractivity contribution in [1.29, 1.82) is 0 Å². The summed E-state index contributed by atoms with van der Waals surface area (Å²) < 4.78 is 7.31. The van der Waals surface area contributed by atoms with Crippen LogP contribution >= 0.6 is 0 Å². The maximum atomic E-state index is 13.0. The molecule has 0 aliphatic carbocycles. The molecule has 1 aliphatic heterocycles. The van der Waals surface area contributed by atoms with Crippen LogP contribution in [-0.2, 0) is 17.8 Å². The van der Waals surface area contributed by atoms with Crippen LogP contribution in [0.25, 0.3) is 11.0 Å². The normalized spacial score (nSPS) is 16.5. The van der Waals surface area contributed by atoms with E-state index in [0.717, 1.165) is 46.6 Å². The quantitative estimate of drug-likeness (QED) is 0.694. The van der Waals surface area contributed by atoms with E-state index >= 15 is 0 Å². The highest BCUT2D eigenvalue weighted by Crippen LogP contribution is 2.32. The lowest BCUT2D eigenvalue weighted by Gasteiger charge is -2.17. The van der Waals surface area contributed by atoms with E-state index < -0.39 is 0 Å². The molecule has 0 bridgehead atoms. The molecule has 3 aromatic rings. The molecule has 7 heteroatoms. The summed E-state index contributed by atoms with van der Waals surface area (Å²) in [5.41, 5.74) is 9.67. The first kappa shape index (κ1) is 19.4. The number of nitrogens with two attached hydrogens (primary N) is 1. The highest BCUT2D eigenvalue weighted by molar-refractivity contribution is 5.81. The molecule has 3 heterocycles. The van der Waals surface area contributed by atoms with Gasteiger partial charge in [0.25, 0.3) is 0 Å². The highest BCUT2D eigenvalue weighted by atomic mass is 16.5. The third-order valence-corrected chi connectivity index (χ3v) is 5.58. The molecular formula is C22H27N5O2. The van der Waals surface area contributed by atoms with Gasteiger partial charge in [0.2, 0.25) is 5.91 Å². The van der Waals surface area contributed by atoms with Crippen LogP contribution in [0.15, 0.2) is 36.5 Å². The lowest BCUT2D eigenvalue weighted by Crippen LogP contribution is -2.30. The van der Waals surface area contributed by atoms with E-state index in [2.05, 4.69) is 11.1 Å². The van der Waals surface area contributed by atoms with E-state index in [9.17, 15) is 4.79 Å². The van der Waals surface area contributed by atoms with Gasteiger partial charge in [-0.15, -0.1) is 0 Å². The molecule has 7 nitrogen and oxygen atoms in total. The molecule has 1 fully saturated rings. The van der Waals surface area contributed by atoms with Crippen LogP contribution in [0.4, 0.5) is 0 Å². The van der Waals surface area contributed by atoms with Gasteiger partial charge in [-0.05, 0) is 31.5 Å². The SMILES string of the molecule is COc1ccc(C)cc1CC(=O)N1CC[C@@H](c2nn(CCN)c3ncccc23)C1. The fourth-order valence-electron chi connectivity index (χ4n) is 4.14. The molecule has 2 N–H and O–H groups in total. The molecule has 0 saturated carbocycles. The molecule has 0 radical (unpaired) electrons. The second kappa shape index (κ2) is 8.21. The zero-order chi connectivity index (χ0) is 20.4. The number of pyridine rings is 1. The van der Waals surface area contributed by atoms with Gasteiger partial charge in [-0.3, -0.25) is 4.79 Å². The summed E-state index contributed by atoms with van der Waals surface area (Å²) in [7, 11) is 1.64. The van der Waals surface area contributed by atoms with Crippen molar-refractivity contribution < 1.29 is 9.53 Å². The number of nitrogens with zero attached hydrogens (tertiary/aromatic N) is 4. The number of hydrogen-bond donors (Lipinski definition) is 1. The minimum absolute atomic E-state index is 0.125. The van der Waals surface area contributed by atoms with Gasteiger partial charge in [0, 0.05) is 42.7 Å². The zero-order valence-corrected chi connectivity index (χ0v) is 17.0. The molecule has 1 saturated heterocycles. The molecule has 1 amide bonds. The fourth-order valence-corrected chi connectivity index (χ4v) is 4.14. The van der Waals surface area contributed by atoms with Crippen molar-refractivity contribution in [2.45, 2.75) is 32.2 Å². The van der Waals surface area contributed by atoms with E-state index in [-0.39, 0.29) is 11.8 Å². The number of carbonyl (C=O) groups is 1. The molecule has 4 rings (SSSR count). The number of aryl methyl sites for hydroxylation is 1. The van der Waals surface area contributed by atoms with Crippen LogP contribution in [0.3, 0.4) is 0 Å². The van der Waals surface area contributed by atoms with Gasteiger partial charge in [-0.2, -0.15) is 5.10 Å². The van der Waals surface area contributed by atoms with Crippen molar-refractivity contribution in [3.63, 3.8) is 0 Å². The van der Waals surface area contributed by atoms with E-state index in [1.165, 1.54) is 0 Å². The molecule has 152 valence electrons. The Morgan fingerprint density at radius 2 is 2.21 bits per heavy atom. The molecule has 1 atom stereocenters. The Bertz CT molecular complexity index is 1030. The molecule has 1 aliphatic rings. The number of benzene rings is 1. The first-order valence-corrected chi connectivity index (χ1v) is 10.0. The standard InChI is InChI=1S/C22H27N5O2/c1-15-5-6-19(29-2)17(12-15)13-20(28)26-10-7-16(14-26)21-18-4-3-9-24-22(18)27(25-21)11-8-23/h3-6,9,12,16H,7-8,10-11,13-14,23H2,1-2H3/t16-/m1/s1. The summed E-state index contributed by atoms with van der Waals surface area (Å²) in [5, 5.41) is 5.85. The highest BCUT2D eigenvalue weighted by Gasteiger charge is 2.31. The van der Waals surface area contributed by atoms with Gasteiger partial charge >= 0.3 is 0 Å². The Hall–Kier alpha value is -2.93. The predicted molar refractivity (Wildman–Crippen MR) is 112 cm³/mol. The third kappa shape index (κ3) is 3.82. The van der Waals surface area contributed by atoms with Crippen LogP contribution in [0, 0.1) is 6.92 Å². The van der Waals surface area contributed by atoms with Gasteiger partial charge in [0.1, 0.15) is 5.75 Å². The Morgan fingerprint density at radius 1 is 1.34 bits per heavy atom. The van der Waals surface area contributed by atoms with Crippen molar-refractivity contribution in [3.05, 3.63) is 53.3 Å². The maximum Gasteiger partial charge on any atom is 0.227 e. The Kier molecular flexibility index (Phi) is 5.49. The number of fused-ring (bicyclic) bond motifs is 1. The number of likely N-dealkylation sites (tertiary alicyclic amines) is 1. The van der Waals surface area contributed by atoms with Crippen molar-refractivity contribution in [1.82, 2.24) is 19.7 Å². The molecule has 29 heavy (non-hydrogen) atoms. The van der Waals surface area contributed by atoms with Crippen LogP contribution in [-0.4, -0.2) is 52.3 Å². The van der Waals surface area contributed by atoms with Crippen LogP contribution in [0.1, 0.15) is 29.2 Å². The molecule has 0 unspecified atom stereocenters. The average molecular weight is 393 g/mol. The Labute approximate surface area is 170 Å². The summed E-state index contributed by atoms with van der Waals surface area (Å²) in [6.07, 6.45) is 3.03. The average Bonchev–Trinajstić information content (AvgIpc) is 3.34. The van der Waals surface area contributed by atoms with Gasteiger partial charge in [-0.1, -0.05) is 17.7 Å². The monoisotopic (exact) mass is 393 g/mol. The van der Waals surface area contributed by atoms with Crippen LogP contribution in [0.2, 0.25) is 0 Å². The largest absolute Gasteiger partial charge is 0.496 e. The number of carbonyl (C=O) groups excluding carboxylic acids is 1. The number of rotatable bonds is 6. The Balaban J connectivity index is 1.52. The molecule has 2 aromatic heterocycles. The van der Waals surface area contributed by atoms with Crippen molar-refractivity contribution in [3.8, 4) is 5.75 Å². The van der Waals surface area contributed by atoms with Gasteiger partial charge in [-0.25, -0.2) is 9.67 Å². The van der Waals surface area contributed by atoms with Gasteiger partial charge in [0.15, 0.2) is 5.65 Å². The topological polar surface area (TPSA) is 86.3 Å². The predicted octanol–water partition coefficient (Wildman–Crippen LogP) is 2.27. The molecule has 0 spiro atoms. The summed E-state index contributed by atoms with van der Waals surface area (Å²) in [4.78, 5) is 19.4. The fraction of sp³-hybridized carbons (Fsp3) is 0.409. The first-order chi connectivity index (χ1) is 14.1. The smallest absolute Gasteiger partial charge is 0.227 e. The molecule has 1 aromatic carbocycles. The maximum absolute atomic E-state index is 13.0. The number of amides is 1. The second-order valence-corrected chi connectivity index (χ2v) is 7.59. The lowest BCUT2D eigenvalue weighted by atomic mass is 10.0. The van der Waals surface area contributed by atoms with Crippen LogP contribution < -0.4 is 10.5 Å². The van der Waals surface area contributed by atoms with E-state index in [1.807, 2.05) is 40.8 Å². The number of ether oxygens (including phenoxy) is 1. The summed E-state index contributed by atoms with van der Waals surface area (Å²) >= 11 is 0. The molecular weight excluding hydrogens is 366 g/mol. The number of methoxy groups -OCH3 is 1. The summed E-state index contributed by atoms with van der Waals surface area (Å²) in [5.74, 6) is 1.10. The number of aromatic nitrogens is 3. The van der Waals surface area contributed by atoms with Crippen molar-refractivity contribution in [2.75, 3.05) is 26.7 Å². The number of hydrogen-bond acceptors (Lipinski definition) is 5. The van der Waals surface area contributed by atoms with E-state index in [1.54, 1.807) is 13.3 Å². The van der Waals surface area contributed by atoms with Crippen molar-refractivity contribution in [2.24, 2.45) is 5.73 Å². The minimum Gasteiger partial charge on any atom is -0.496 e. The van der Waals surface area contributed by atoms with Crippen molar-refractivity contribution >= 4 is 16.9 Å². The van der Waals surface area contributed by atoms with E-state index in [0.29, 0.717) is 26.1 Å².